The average Bonchev–Trinajstić information content (AvgIpc) is 3.32. The molecule has 1 N–H and O–H groups in total. The molecule has 2 saturated heterocycles. The van der Waals surface area contributed by atoms with E-state index < -0.39 is 0 Å². The first kappa shape index (κ1) is 24.5. The number of fused-ring (bicyclic) bond motifs is 1. The summed E-state index contributed by atoms with van der Waals surface area (Å²) in [5, 5.41) is 3.09. The number of carbonyl (C=O) groups excluding carboxylic acids is 2. The molecule has 1 atom stereocenters. The molecule has 2 fully saturated rings. The van der Waals surface area contributed by atoms with Crippen molar-refractivity contribution in [3.8, 4) is 0 Å². The van der Waals surface area contributed by atoms with Gasteiger partial charge >= 0.3 is 0 Å². The van der Waals surface area contributed by atoms with Gasteiger partial charge < -0.3 is 24.4 Å². The van der Waals surface area contributed by atoms with Crippen LogP contribution in [-0.4, -0.2) is 95.3 Å². The van der Waals surface area contributed by atoms with Gasteiger partial charge in [-0.3, -0.25) is 9.59 Å². The van der Waals surface area contributed by atoms with Gasteiger partial charge in [-0.1, -0.05) is 24.3 Å². The van der Waals surface area contributed by atoms with Crippen LogP contribution in [-0.2, 0) is 0 Å². The van der Waals surface area contributed by atoms with Crippen molar-refractivity contribution in [2.45, 2.75) is 25.2 Å². The number of aromatic nitrogens is 2. The van der Waals surface area contributed by atoms with Crippen molar-refractivity contribution in [3.63, 3.8) is 0 Å². The zero-order valence-corrected chi connectivity index (χ0v) is 21.1. The van der Waals surface area contributed by atoms with Gasteiger partial charge in [-0.15, -0.1) is 0 Å². The van der Waals surface area contributed by atoms with Crippen LogP contribution in [0, 0.1) is 0 Å². The van der Waals surface area contributed by atoms with E-state index in [0.717, 1.165) is 69.9 Å². The monoisotopic (exact) mass is 488 g/mol. The molecule has 4 heterocycles. The van der Waals surface area contributed by atoms with Gasteiger partial charge in [0.05, 0.1) is 5.52 Å². The lowest BCUT2D eigenvalue weighted by Crippen LogP contribution is -2.45. The smallest absolute Gasteiger partial charge is 0.272 e. The van der Waals surface area contributed by atoms with Crippen LogP contribution in [0.2, 0.25) is 0 Å². The molecule has 5 rings (SSSR count). The number of hydrogen-bond acceptors (Lipinski definition) is 5. The van der Waals surface area contributed by atoms with Crippen LogP contribution in [0.25, 0.3) is 5.52 Å². The lowest BCUT2D eigenvalue weighted by molar-refractivity contribution is 0.0703. The summed E-state index contributed by atoms with van der Waals surface area (Å²) in [6, 6.07) is 15.3. The molecule has 36 heavy (non-hydrogen) atoms. The fourth-order valence-electron chi connectivity index (χ4n) is 5.31. The van der Waals surface area contributed by atoms with Gasteiger partial charge in [0, 0.05) is 63.5 Å². The summed E-state index contributed by atoms with van der Waals surface area (Å²) in [5.41, 5.74) is 2.00. The lowest BCUT2D eigenvalue weighted by Gasteiger charge is -2.32. The van der Waals surface area contributed by atoms with Crippen molar-refractivity contribution in [3.05, 3.63) is 71.8 Å². The van der Waals surface area contributed by atoms with Gasteiger partial charge in [-0.2, -0.15) is 0 Å². The highest BCUT2D eigenvalue weighted by molar-refractivity contribution is 5.99. The van der Waals surface area contributed by atoms with Crippen LogP contribution in [0.3, 0.4) is 0 Å². The number of benzene rings is 1. The minimum absolute atomic E-state index is 0.0551. The number of rotatable bonds is 7. The lowest BCUT2D eigenvalue weighted by atomic mass is 9.96. The van der Waals surface area contributed by atoms with E-state index in [2.05, 4.69) is 22.2 Å². The van der Waals surface area contributed by atoms with E-state index in [9.17, 15) is 9.59 Å². The zero-order chi connectivity index (χ0) is 24.9. The summed E-state index contributed by atoms with van der Waals surface area (Å²) < 4.78 is 2.03. The van der Waals surface area contributed by atoms with Crippen molar-refractivity contribution in [2.24, 2.45) is 0 Å². The van der Waals surface area contributed by atoms with Crippen molar-refractivity contribution >= 4 is 17.3 Å². The summed E-state index contributed by atoms with van der Waals surface area (Å²) in [6.07, 6.45) is 4.75. The minimum Gasteiger partial charge on any atom is -0.351 e. The molecule has 0 aliphatic carbocycles. The maximum absolute atomic E-state index is 13.1. The maximum atomic E-state index is 13.1. The molecule has 0 spiro atoms. The number of carbonyl (C=O) groups is 2. The number of piperazine rings is 1. The molecule has 0 unspecified atom stereocenters. The highest BCUT2D eigenvalue weighted by atomic mass is 16.2. The second kappa shape index (κ2) is 11.2. The van der Waals surface area contributed by atoms with E-state index in [1.165, 1.54) is 0 Å². The molecule has 0 saturated carbocycles. The fourth-order valence-corrected chi connectivity index (χ4v) is 5.31. The Hall–Kier alpha value is -3.23. The Morgan fingerprint density at radius 1 is 1.00 bits per heavy atom. The molecule has 1 aromatic carbocycles. The molecule has 3 aromatic rings. The number of amides is 2. The van der Waals surface area contributed by atoms with E-state index in [-0.39, 0.29) is 17.7 Å². The van der Waals surface area contributed by atoms with E-state index in [4.69, 9.17) is 4.98 Å². The number of hydrogen-bond donors (Lipinski definition) is 1. The molecule has 0 bridgehead atoms. The number of nitrogens with zero attached hydrogens (tertiary/aromatic N) is 5. The van der Waals surface area contributed by atoms with Crippen LogP contribution in [0.1, 0.15) is 51.9 Å². The van der Waals surface area contributed by atoms with E-state index in [0.29, 0.717) is 24.3 Å². The standard InChI is InChI=1S/C28H36N6O2/c1-31-17-19-32(20-18-31)14-8-13-29-27(35)25-24-12-5-6-16-34(24)26(30-25)23-11-7-15-33(21-23)28(36)22-9-3-2-4-10-22/h2-6,9-10,12,16,23H,7-8,11,13-15,17-21H2,1H3,(H,29,35)/t23-/m1/s1. The number of likely N-dealkylation sites (N-methyl/N-ethyl adjacent to an activating group) is 1. The number of likely N-dealkylation sites (tertiary alicyclic amines) is 1. The predicted molar refractivity (Wildman–Crippen MR) is 140 cm³/mol. The highest BCUT2D eigenvalue weighted by Gasteiger charge is 2.30. The Morgan fingerprint density at radius 2 is 1.78 bits per heavy atom. The molecule has 2 aliphatic rings. The first-order valence-corrected chi connectivity index (χ1v) is 13.1. The highest BCUT2D eigenvalue weighted by Crippen LogP contribution is 2.29. The third-order valence-electron chi connectivity index (χ3n) is 7.42. The van der Waals surface area contributed by atoms with Gasteiger partial charge in [-0.25, -0.2) is 4.98 Å². The third-order valence-corrected chi connectivity index (χ3v) is 7.42. The molecule has 190 valence electrons. The molecule has 2 aromatic heterocycles. The SMILES string of the molecule is CN1CCN(CCCNC(=O)c2nc([C@@H]3CCCN(C(=O)c4ccccc4)C3)n3ccccc23)CC1. The molecular formula is C28H36N6O2. The summed E-state index contributed by atoms with van der Waals surface area (Å²) in [4.78, 5) is 37.8. The van der Waals surface area contributed by atoms with Gasteiger partial charge in [0.2, 0.25) is 0 Å². The van der Waals surface area contributed by atoms with Crippen LogP contribution in [0.15, 0.2) is 54.7 Å². The van der Waals surface area contributed by atoms with Crippen LogP contribution in [0.4, 0.5) is 0 Å². The van der Waals surface area contributed by atoms with Crippen molar-refractivity contribution < 1.29 is 9.59 Å². The predicted octanol–water partition coefficient (Wildman–Crippen LogP) is 2.72. The summed E-state index contributed by atoms with van der Waals surface area (Å²) in [7, 11) is 2.16. The number of pyridine rings is 1. The van der Waals surface area contributed by atoms with Gasteiger partial charge in [0.15, 0.2) is 5.69 Å². The van der Waals surface area contributed by atoms with E-state index in [1.54, 1.807) is 0 Å². The summed E-state index contributed by atoms with van der Waals surface area (Å²) in [6.45, 7) is 7.36. The second-order valence-electron chi connectivity index (χ2n) is 9.99. The zero-order valence-electron chi connectivity index (χ0n) is 21.1. The number of imidazole rings is 1. The van der Waals surface area contributed by atoms with Gasteiger partial charge in [-0.05, 0) is 57.1 Å². The summed E-state index contributed by atoms with van der Waals surface area (Å²) in [5.74, 6) is 0.870. The molecular weight excluding hydrogens is 452 g/mol. The largest absolute Gasteiger partial charge is 0.351 e. The normalized spacial score (nSPS) is 19.5. The Bertz CT molecular complexity index is 1190. The third kappa shape index (κ3) is 5.44. The van der Waals surface area contributed by atoms with Crippen molar-refractivity contribution in [1.29, 1.82) is 0 Å². The van der Waals surface area contributed by atoms with Crippen LogP contribution < -0.4 is 5.32 Å². The number of nitrogens with one attached hydrogen (secondary N) is 1. The van der Waals surface area contributed by atoms with Gasteiger partial charge in [0.1, 0.15) is 5.82 Å². The maximum Gasteiger partial charge on any atom is 0.272 e. The first-order valence-electron chi connectivity index (χ1n) is 13.1. The molecule has 8 nitrogen and oxygen atoms in total. The van der Waals surface area contributed by atoms with Gasteiger partial charge in [0.25, 0.3) is 11.8 Å². The Morgan fingerprint density at radius 3 is 2.58 bits per heavy atom. The molecule has 2 amide bonds. The van der Waals surface area contributed by atoms with Crippen LogP contribution >= 0.6 is 0 Å². The topological polar surface area (TPSA) is 73.2 Å². The van der Waals surface area contributed by atoms with E-state index >= 15 is 0 Å². The number of piperidine rings is 1. The first-order chi connectivity index (χ1) is 17.6. The second-order valence-corrected chi connectivity index (χ2v) is 9.99. The van der Waals surface area contributed by atoms with Crippen LogP contribution in [0.5, 0.6) is 0 Å². The van der Waals surface area contributed by atoms with Crippen molar-refractivity contribution in [2.75, 3.05) is 59.4 Å². The minimum atomic E-state index is -0.128. The summed E-state index contributed by atoms with van der Waals surface area (Å²) >= 11 is 0. The average molecular weight is 489 g/mol. The molecule has 8 heteroatoms. The van der Waals surface area contributed by atoms with E-state index in [1.807, 2.05) is 64.0 Å². The van der Waals surface area contributed by atoms with Crippen molar-refractivity contribution in [1.82, 2.24) is 29.4 Å². The quantitative estimate of drug-likeness (QED) is 0.518. The Labute approximate surface area is 212 Å². The fraction of sp³-hybridized carbons (Fsp3) is 0.464. The molecule has 2 aliphatic heterocycles. The Kier molecular flexibility index (Phi) is 7.63. The Balaban J connectivity index is 1.25. The molecule has 0 radical (unpaired) electrons.